The average molecular weight is 392 g/mol. The third-order valence-corrected chi connectivity index (χ3v) is 3.75. The van der Waals surface area contributed by atoms with Crippen molar-refractivity contribution >= 4 is 17.5 Å². The second kappa shape index (κ2) is 9.21. The maximum Gasteiger partial charge on any atom is 0.416 e. The third kappa shape index (κ3) is 5.00. The molecule has 0 aliphatic carbocycles. The fourth-order valence-corrected chi connectivity index (χ4v) is 2.61. The van der Waals surface area contributed by atoms with Gasteiger partial charge >= 0.3 is 18.1 Å². The maximum absolute atomic E-state index is 13.2. The normalized spacial score (nSPS) is 10.9. The summed E-state index contributed by atoms with van der Waals surface area (Å²) in [7, 11) is 0. The Morgan fingerprint density at radius 2 is 1.36 bits per heavy atom. The first-order chi connectivity index (χ1) is 13.3. The van der Waals surface area contributed by atoms with Crippen molar-refractivity contribution in [3.05, 3.63) is 76.9 Å². The Bertz CT molecular complexity index is 851. The molecular formula is C21H19F3O4. The number of ether oxygens (including phenoxy) is 2. The first-order valence-corrected chi connectivity index (χ1v) is 8.61. The summed E-state index contributed by atoms with van der Waals surface area (Å²) in [5.74, 6) is -1.92. The van der Waals surface area contributed by atoms with Crippen LogP contribution in [0.15, 0.2) is 60.2 Å². The van der Waals surface area contributed by atoms with E-state index in [2.05, 4.69) is 0 Å². The molecule has 0 heterocycles. The van der Waals surface area contributed by atoms with Gasteiger partial charge in [-0.3, -0.25) is 0 Å². The smallest absolute Gasteiger partial charge is 0.416 e. The summed E-state index contributed by atoms with van der Waals surface area (Å²) >= 11 is 0. The van der Waals surface area contributed by atoms with E-state index in [1.807, 2.05) is 0 Å². The van der Waals surface area contributed by atoms with Crippen molar-refractivity contribution in [1.82, 2.24) is 0 Å². The van der Waals surface area contributed by atoms with Crippen LogP contribution < -0.4 is 0 Å². The molecule has 2 aromatic rings. The number of benzene rings is 2. The minimum Gasteiger partial charge on any atom is -0.462 e. The van der Waals surface area contributed by atoms with Crippen molar-refractivity contribution < 1.29 is 32.2 Å². The van der Waals surface area contributed by atoms with Gasteiger partial charge in [-0.2, -0.15) is 13.2 Å². The Kier molecular flexibility index (Phi) is 6.98. The average Bonchev–Trinajstić information content (AvgIpc) is 2.66. The number of hydrogen-bond acceptors (Lipinski definition) is 4. The standard InChI is InChI=1S/C21H19F3O4/c1-3-27-19(25)18(20(26)28-4-2)17(14-9-6-5-7-10-14)15-11-8-12-16(13-15)21(22,23)24/h5-13H,3-4H2,1-2H3. The van der Waals surface area contributed by atoms with Gasteiger partial charge in [-0.25, -0.2) is 9.59 Å². The second-order valence-corrected chi connectivity index (χ2v) is 5.64. The zero-order valence-corrected chi connectivity index (χ0v) is 15.4. The molecule has 0 bridgehead atoms. The fraction of sp³-hybridized carbons (Fsp3) is 0.238. The van der Waals surface area contributed by atoms with Crippen LogP contribution >= 0.6 is 0 Å². The predicted molar refractivity (Wildman–Crippen MR) is 97.2 cm³/mol. The Morgan fingerprint density at radius 3 is 1.86 bits per heavy atom. The van der Waals surface area contributed by atoms with Crippen LogP contribution in [0.4, 0.5) is 13.2 Å². The van der Waals surface area contributed by atoms with Crippen molar-refractivity contribution in [3.8, 4) is 0 Å². The van der Waals surface area contributed by atoms with Gasteiger partial charge in [0.2, 0.25) is 0 Å². The van der Waals surface area contributed by atoms with Gasteiger partial charge in [0.05, 0.1) is 18.8 Å². The van der Waals surface area contributed by atoms with E-state index in [0.717, 1.165) is 12.1 Å². The molecule has 7 heteroatoms. The summed E-state index contributed by atoms with van der Waals surface area (Å²) in [4.78, 5) is 25.1. The summed E-state index contributed by atoms with van der Waals surface area (Å²) in [5.41, 5.74) is -0.890. The van der Waals surface area contributed by atoms with E-state index in [-0.39, 0.29) is 24.4 Å². The van der Waals surface area contributed by atoms with Crippen LogP contribution in [-0.2, 0) is 25.2 Å². The molecular weight excluding hydrogens is 373 g/mol. The Balaban J connectivity index is 2.82. The molecule has 0 radical (unpaired) electrons. The number of rotatable bonds is 6. The Hall–Kier alpha value is -3.09. The van der Waals surface area contributed by atoms with Gasteiger partial charge in [-0.1, -0.05) is 42.5 Å². The molecule has 2 aromatic carbocycles. The van der Waals surface area contributed by atoms with Crippen molar-refractivity contribution in [2.75, 3.05) is 13.2 Å². The molecule has 0 saturated heterocycles. The lowest BCUT2D eigenvalue weighted by molar-refractivity contribution is -0.146. The molecule has 2 rings (SSSR count). The molecule has 28 heavy (non-hydrogen) atoms. The lowest BCUT2D eigenvalue weighted by Crippen LogP contribution is -2.21. The largest absolute Gasteiger partial charge is 0.462 e. The van der Waals surface area contributed by atoms with E-state index in [1.54, 1.807) is 44.2 Å². The summed E-state index contributed by atoms with van der Waals surface area (Å²) in [6.07, 6.45) is -4.58. The van der Waals surface area contributed by atoms with Crippen LogP contribution in [0.3, 0.4) is 0 Å². The molecule has 0 aromatic heterocycles. The lowest BCUT2D eigenvalue weighted by Gasteiger charge is -2.16. The maximum atomic E-state index is 13.2. The van der Waals surface area contributed by atoms with Crippen molar-refractivity contribution in [2.45, 2.75) is 20.0 Å². The van der Waals surface area contributed by atoms with E-state index >= 15 is 0 Å². The van der Waals surface area contributed by atoms with E-state index in [1.165, 1.54) is 12.1 Å². The predicted octanol–water partition coefficient (Wildman–Crippen LogP) is 4.63. The summed E-state index contributed by atoms with van der Waals surface area (Å²) < 4.78 is 49.5. The first-order valence-electron chi connectivity index (χ1n) is 8.61. The van der Waals surface area contributed by atoms with Gasteiger partial charge in [0.25, 0.3) is 0 Å². The lowest BCUT2D eigenvalue weighted by atomic mass is 9.91. The zero-order chi connectivity index (χ0) is 20.7. The van der Waals surface area contributed by atoms with E-state index in [9.17, 15) is 22.8 Å². The number of halogens is 3. The van der Waals surface area contributed by atoms with Crippen LogP contribution in [0.5, 0.6) is 0 Å². The van der Waals surface area contributed by atoms with Crippen molar-refractivity contribution in [2.24, 2.45) is 0 Å². The number of carbonyl (C=O) groups is 2. The summed E-state index contributed by atoms with van der Waals surface area (Å²) in [5, 5.41) is 0. The van der Waals surface area contributed by atoms with Crippen molar-refractivity contribution in [1.29, 1.82) is 0 Å². The van der Waals surface area contributed by atoms with Crippen LogP contribution in [0.2, 0.25) is 0 Å². The van der Waals surface area contributed by atoms with Gasteiger partial charge in [0.1, 0.15) is 0 Å². The molecule has 0 aliphatic rings. The highest BCUT2D eigenvalue weighted by molar-refractivity contribution is 6.21. The first kappa shape index (κ1) is 21.2. The van der Waals surface area contributed by atoms with Gasteiger partial charge in [-0.15, -0.1) is 0 Å². The van der Waals surface area contributed by atoms with Gasteiger partial charge in [0.15, 0.2) is 5.57 Å². The third-order valence-electron chi connectivity index (χ3n) is 3.75. The molecule has 0 atom stereocenters. The van der Waals surface area contributed by atoms with Crippen LogP contribution in [0.25, 0.3) is 5.57 Å². The van der Waals surface area contributed by atoms with Gasteiger partial charge in [0, 0.05) is 5.57 Å². The van der Waals surface area contributed by atoms with E-state index in [0.29, 0.717) is 5.56 Å². The Morgan fingerprint density at radius 1 is 0.821 bits per heavy atom. The number of esters is 2. The number of carbonyl (C=O) groups excluding carboxylic acids is 2. The zero-order valence-electron chi connectivity index (χ0n) is 15.4. The molecule has 0 amide bonds. The van der Waals surface area contributed by atoms with Crippen LogP contribution in [0.1, 0.15) is 30.5 Å². The highest BCUT2D eigenvalue weighted by atomic mass is 19.4. The highest BCUT2D eigenvalue weighted by Gasteiger charge is 2.32. The molecule has 148 valence electrons. The fourth-order valence-electron chi connectivity index (χ4n) is 2.61. The SMILES string of the molecule is CCOC(=O)C(C(=O)OCC)=C(c1ccccc1)c1cccc(C(F)(F)F)c1. The minimum absolute atomic E-state index is 0.00754. The quantitative estimate of drug-likeness (QED) is 0.311. The van der Waals surface area contributed by atoms with Crippen LogP contribution in [-0.4, -0.2) is 25.2 Å². The van der Waals surface area contributed by atoms with Gasteiger partial charge < -0.3 is 9.47 Å². The summed E-state index contributed by atoms with van der Waals surface area (Å²) in [6.45, 7) is 3.11. The van der Waals surface area contributed by atoms with E-state index < -0.39 is 29.3 Å². The monoisotopic (exact) mass is 392 g/mol. The molecule has 0 aliphatic heterocycles. The molecule has 0 N–H and O–H groups in total. The van der Waals surface area contributed by atoms with Crippen LogP contribution in [0, 0.1) is 0 Å². The summed E-state index contributed by atoms with van der Waals surface area (Å²) in [6, 6.07) is 12.6. The van der Waals surface area contributed by atoms with Gasteiger partial charge in [-0.05, 0) is 37.1 Å². The molecule has 0 saturated carbocycles. The topological polar surface area (TPSA) is 52.6 Å². The number of alkyl halides is 3. The minimum atomic E-state index is -4.58. The molecule has 4 nitrogen and oxygen atoms in total. The Labute approximate surface area is 160 Å². The van der Waals surface area contributed by atoms with Crippen molar-refractivity contribution in [3.63, 3.8) is 0 Å². The highest BCUT2D eigenvalue weighted by Crippen LogP contribution is 2.34. The number of hydrogen-bond donors (Lipinski definition) is 0. The molecule has 0 spiro atoms. The molecule has 0 fully saturated rings. The second-order valence-electron chi connectivity index (χ2n) is 5.64. The van der Waals surface area contributed by atoms with E-state index in [4.69, 9.17) is 9.47 Å². The molecule has 0 unspecified atom stereocenters.